The van der Waals surface area contributed by atoms with E-state index < -0.39 is 0 Å². The van der Waals surface area contributed by atoms with Crippen LogP contribution in [0, 0.1) is 0 Å². The molecule has 0 heterocycles. The molecule has 0 unspecified atom stereocenters. The predicted octanol–water partition coefficient (Wildman–Crippen LogP) is 3.31. The van der Waals surface area contributed by atoms with E-state index in [1.165, 1.54) is 6.07 Å². The summed E-state index contributed by atoms with van der Waals surface area (Å²) in [5.74, 6) is -0.120. The van der Waals surface area contributed by atoms with E-state index in [2.05, 4.69) is 24.1 Å². The number of nitrogens with zero attached hydrogens (tertiary/aromatic N) is 1. The maximum atomic E-state index is 12.1. The lowest BCUT2D eigenvalue weighted by atomic mass is 10.2. The van der Waals surface area contributed by atoms with Crippen LogP contribution in [0.5, 0.6) is 0 Å². The van der Waals surface area contributed by atoms with Crippen molar-refractivity contribution in [2.45, 2.75) is 39.5 Å². The molecule has 124 valence electrons. The summed E-state index contributed by atoms with van der Waals surface area (Å²) in [7, 11) is 0. The normalized spacial score (nSPS) is 10.1. The number of carbonyl (C=O) groups excluding carboxylic acids is 1. The van der Waals surface area contributed by atoms with Gasteiger partial charge in [-0.3, -0.25) is 14.5 Å². The van der Waals surface area contributed by atoms with Gasteiger partial charge in [0.25, 0.3) is 0 Å². The zero-order valence-corrected chi connectivity index (χ0v) is 14.3. The molecule has 1 N–H and O–H groups in total. The topological polar surface area (TPSA) is 49.4 Å². The van der Waals surface area contributed by atoms with Crippen LogP contribution < -0.4 is 10.7 Å². The first-order valence-electron chi connectivity index (χ1n) is 7.79. The monoisotopic (exact) mass is 326 g/mol. The summed E-state index contributed by atoms with van der Waals surface area (Å²) < 4.78 is 0. The van der Waals surface area contributed by atoms with Crippen molar-refractivity contribution in [3.8, 4) is 0 Å². The van der Waals surface area contributed by atoms with Crippen molar-refractivity contribution in [2.24, 2.45) is 0 Å². The molecule has 0 aromatic heterocycles. The molecule has 0 radical (unpaired) electrons. The Hall–Kier alpha value is -1.39. The molecule has 0 aliphatic rings. The zero-order chi connectivity index (χ0) is 15.5. The van der Waals surface area contributed by atoms with Crippen molar-refractivity contribution in [1.82, 2.24) is 4.90 Å². The Morgan fingerprint density at radius 2 is 1.64 bits per heavy atom. The van der Waals surface area contributed by atoms with Gasteiger partial charge >= 0.3 is 0 Å². The SMILES string of the molecule is CCCCN(CCCC)CC(=O)Nc1cccccc1=O.Cl. The number of carbonyl (C=O) groups is 1. The average Bonchev–Trinajstić information content (AvgIpc) is 2.67. The highest BCUT2D eigenvalue weighted by Gasteiger charge is 2.10. The minimum atomic E-state index is -0.165. The molecular weight excluding hydrogens is 300 g/mol. The third-order valence-electron chi connectivity index (χ3n) is 3.30. The first-order valence-corrected chi connectivity index (χ1v) is 7.79. The van der Waals surface area contributed by atoms with E-state index in [-0.39, 0.29) is 23.7 Å². The van der Waals surface area contributed by atoms with Crippen LogP contribution in [-0.2, 0) is 4.79 Å². The smallest absolute Gasteiger partial charge is 0.238 e. The lowest BCUT2D eigenvalue weighted by Gasteiger charge is -2.21. The second-order valence-electron chi connectivity index (χ2n) is 5.22. The van der Waals surface area contributed by atoms with Gasteiger partial charge in [-0.2, -0.15) is 0 Å². The van der Waals surface area contributed by atoms with Gasteiger partial charge in [0.2, 0.25) is 11.3 Å². The highest BCUT2D eigenvalue weighted by Crippen LogP contribution is 2.01. The second kappa shape index (κ2) is 12.2. The van der Waals surface area contributed by atoms with Crippen molar-refractivity contribution in [2.75, 3.05) is 25.0 Å². The van der Waals surface area contributed by atoms with Crippen LogP contribution in [0.1, 0.15) is 39.5 Å². The van der Waals surface area contributed by atoms with Gasteiger partial charge in [0.15, 0.2) is 0 Å². The van der Waals surface area contributed by atoms with Crippen LogP contribution in [0.2, 0.25) is 0 Å². The molecule has 0 atom stereocenters. The number of hydrogen-bond acceptors (Lipinski definition) is 3. The van der Waals surface area contributed by atoms with E-state index in [1.54, 1.807) is 24.3 Å². The summed E-state index contributed by atoms with van der Waals surface area (Å²) in [6.07, 6.45) is 4.40. The Morgan fingerprint density at radius 3 is 2.23 bits per heavy atom. The summed E-state index contributed by atoms with van der Waals surface area (Å²) >= 11 is 0. The predicted molar refractivity (Wildman–Crippen MR) is 94.8 cm³/mol. The van der Waals surface area contributed by atoms with Crippen molar-refractivity contribution in [3.05, 3.63) is 40.6 Å². The third-order valence-corrected chi connectivity index (χ3v) is 3.30. The van der Waals surface area contributed by atoms with Crippen molar-refractivity contribution in [3.63, 3.8) is 0 Å². The second-order valence-corrected chi connectivity index (χ2v) is 5.22. The molecule has 0 saturated heterocycles. The molecule has 0 saturated carbocycles. The molecule has 1 aromatic carbocycles. The van der Waals surface area contributed by atoms with Crippen LogP contribution in [0.15, 0.2) is 35.1 Å². The fourth-order valence-corrected chi connectivity index (χ4v) is 2.06. The first-order chi connectivity index (χ1) is 10.2. The molecule has 1 rings (SSSR count). The number of hydrogen-bond donors (Lipinski definition) is 1. The minimum Gasteiger partial charge on any atom is -0.322 e. The number of unbranched alkanes of at least 4 members (excludes halogenated alkanes) is 2. The maximum Gasteiger partial charge on any atom is 0.238 e. The molecule has 0 fully saturated rings. The number of anilines is 1. The molecule has 0 aliphatic carbocycles. The van der Waals surface area contributed by atoms with E-state index in [4.69, 9.17) is 0 Å². The Morgan fingerprint density at radius 1 is 1.05 bits per heavy atom. The molecular formula is C17H27ClN2O2. The van der Waals surface area contributed by atoms with Crippen LogP contribution in [0.25, 0.3) is 0 Å². The quantitative estimate of drug-likeness (QED) is 0.757. The highest BCUT2D eigenvalue weighted by atomic mass is 35.5. The Kier molecular flexibility index (Phi) is 11.4. The Balaban J connectivity index is 0.00000441. The molecule has 4 nitrogen and oxygen atoms in total. The number of halogens is 1. The van der Waals surface area contributed by atoms with Crippen LogP contribution in [0.3, 0.4) is 0 Å². The summed E-state index contributed by atoms with van der Waals surface area (Å²) in [5.41, 5.74) is 0.179. The Bertz CT molecular complexity index is 486. The molecule has 0 spiro atoms. The molecule has 1 amide bonds. The van der Waals surface area contributed by atoms with Crippen LogP contribution >= 0.6 is 12.4 Å². The lowest BCUT2D eigenvalue weighted by molar-refractivity contribution is -0.117. The third kappa shape index (κ3) is 8.15. The summed E-state index contributed by atoms with van der Waals surface area (Å²) in [5, 5.41) is 2.72. The summed E-state index contributed by atoms with van der Waals surface area (Å²) in [6.45, 7) is 6.49. The van der Waals surface area contributed by atoms with E-state index in [1.807, 2.05) is 0 Å². The number of nitrogens with one attached hydrogen (secondary N) is 1. The van der Waals surface area contributed by atoms with Crippen molar-refractivity contribution >= 4 is 24.0 Å². The number of rotatable bonds is 9. The average molecular weight is 327 g/mol. The molecule has 0 bridgehead atoms. The lowest BCUT2D eigenvalue weighted by Crippen LogP contribution is -2.35. The zero-order valence-electron chi connectivity index (χ0n) is 13.5. The van der Waals surface area contributed by atoms with Gasteiger partial charge in [0.1, 0.15) is 0 Å². The van der Waals surface area contributed by atoms with E-state index >= 15 is 0 Å². The van der Waals surface area contributed by atoms with Gasteiger partial charge in [-0.1, -0.05) is 44.9 Å². The van der Waals surface area contributed by atoms with Gasteiger partial charge in [0.05, 0.1) is 12.2 Å². The van der Waals surface area contributed by atoms with Gasteiger partial charge in [-0.05, 0) is 38.1 Å². The van der Waals surface area contributed by atoms with E-state index in [9.17, 15) is 9.59 Å². The largest absolute Gasteiger partial charge is 0.322 e. The van der Waals surface area contributed by atoms with E-state index in [0.717, 1.165) is 38.8 Å². The number of amides is 1. The molecule has 1 aromatic rings. The van der Waals surface area contributed by atoms with Gasteiger partial charge in [-0.15, -0.1) is 12.4 Å². The molecule has 22 heavy (non-hydrogen) atoms. The van der Waals surface area contributed by atoms with Crippen molar-refractivity contribution < 1.29 is 4.79 Å². The summed E-state index contributed by atoms with van der Waals surface area (Å²) in [6, 6.07) is 8.30. The maximum absolute atomic E-state index is 12.1. The standard InChI is InChI=1S/C17H26N2O2.ClH/c1-3-5-12-19(13-6-4-2)14-17(21)18-15-10-8-7-9-11-16(15)20;/h7-11H,3-6,12-14H2,1-2H3,(H,18,20,21);1H. The van der Waals surface area contributed by atoms with Crippen LogP contribution in [0.4, 0.5) is 5.69 Å². The van der Waals surface area contributed by atoms with Crippen molar-refractivity contribution in [1.29, 1.82) is 0 Å². The van der Waals surface area contributed by atoms with Gasteiger partial charge in [-0.25, -0.2) is 0 Å². The van der Waals surface area contributed by atoms with Crippen LogP contribution in [-0.4, -0.2) is 30.4 Å². The first kappa shape index (κ1) is 20.6. The fraction of sp³-hybridized carbons (Fsp3) is 0.529. The molecule has 5 heteroatoms. The highest BCUT2D eigenvalue weighted by molar-refractivity contribution is 5.92. The summed E-state index contributed by atoms with van der Waals surface area (Å²) in [4.78, 5) is 26.0. The molecule has 0 aliphatic heterocycles. The van der Waals surface area contributed by atoms with E-state index in [0.29, 0.717) is 12.2 Å². The minimum absolute atomic E-state index is 0. The Labute approximate surface area is 139 Å². The van der Waals surface area contributed by atoms with Gasteiger partial charge < -0.3 is 5.32 Å². The van der Waals surface area contributed by atoms with Gasteiger partial charge in [0, 0.05) is 0 Å². The fourth-order valence-electron chi connectivity index (χ4n) is 2.06.